The molecule has 5 amide bonds. The molecular formula is C22H28N4O4. The monoisotopic (exact) mass is 412 g/mol. The molecule has 1 aromatic rings. The second-order valence-electron chi connectivity index (χ2n) is 8.47. The number of imide groups is 1. The molecule has 0 atom stereocenters. The third kappa shape index (κ3) is 4.04. The number of carbonyl (C=O) groups excluding carboxylic acids is 4. The van der Waals surface area contributed by atoms with Crippen LogP contribution in [0.1, 0.15) is 44.9 Å². The van der Waals surface area contributed by atoms with Crippen LogP contribution in [0.3, 0.4) is 0 Å². The number of para-hydroxylation sites is 1. The van der Waals surface area contributed by atoms with Crippen LogP contribution in [0.5, 0.6) is 0 Å². The summed E-state index contributed by atoms with van der Waals surface area (Å²) >= 11 is 0. The number of urea groups is 1. The Morgan fingerprint density at radius 2 is 1.70 bits per heavy atom. The van der Waals surface area contributed by atoms with Crippen molar-refractivity contribution in [3.05, 3.63) is 30.3 Å². The number of rotatable bonds is 4. The average Bonchev–Trinajstić information content (AvgIpc) is 2.98. The van der Waals surface area contributed by atoms with Crippen LogP contribution < -0.4 is 10.6 Å². The van der Waals surface area contributed by atoms with Crippen molar-refractivity contribution < 1.29 is 19.2 Å². The topological polar surface area (TPSA) is 98.8 Å². The number of hydrogen-bond acceptors (Lipinski definition) is 4. The molecular weight excluding hydrogens is 384 g/mol. The fraction of sp³-hybridized carbons (Fsp3) is 0.545. The van der Waals surface area contributed by atoms with Gasteiger partial charge in [-0.3, -0.25) is 19.3 Å². The van der Waals surface area contributed by atoms with Gasteiger partial charge in [-0.1, -0.05) is 37.5 Å². The van der Waals surface area contributed by atoms with Gasteiger partial charge in [-0.2, -0.15) is 0 Å². The maximum Gasteiger partial charge on any atom is 0.325 e. The van der Waals surface area contributed by atoms with Gasteiger partial charge in [0.1, 0.15) is 12.1 Å². The van der Waals surface area contributed by atoms with Crippen molar-refractivity contribution in [1.29, 1.82) is 0 Å². The van der Waals surface area contributed by atoms with E-state index in [-0.39, 0.29) is 30.2 Å². The molecule has 1 aliphatic carbocycles. The third-order valence-electron chi connectivity index (χ3n) is 6.51. The summed E-state index contributed by atoms with van der Waals surface area (Å²) < 4.78 is 0. The van der Waals surface area contributed by atoms with Gasteiger partial charge in [-0.05, 0) is 37.8 Å². The molecule has 1 saturated carbocycles. The maximum absolute atomic E-state index is 12.8. The van der Waals surface area contributed by atoms with Crippen molar-refractivity contribution in [1.82, 2.24) is 15.1 Å². The summed E-state index contributed by atoms with van der Waals surface area (Å²) in [4.78, 5) is 53.1. The van der Waals surface area contributed by atoms with Gasteiger partial charge < -0.3 is 15.5 Å². The van der Waals surface area contributed by atoms with E-state index in [2.05, 4.69) is 10.6 Å². The zero-order valence-corrected chi connectivity index (χ0v) is 17.1. The van der Waals surface area contributed by atoms with Crippen LogP contribution in [0.15, 0.2) is 30.3 Å². The van der Waals surface area contributed by atoms with Gasteiger partial charge >= 0.3 is 6.03 Å². The summed E-state index contributed by atoms with van der Waals surface area (Å²) in [6, 6.07) is 8.84. The molecule has 1 aromatic carbocycles. The molecule has 2 saturated heterocycles. The van der Waals surface area contributed by atoms with Crippen LogP contribution in [-0.2, 0) is 14.4 Å². The van der Waals surface area contributed by atoms with Crippen LogP contribution >= 0.6 is 0 Å². The molecule has 8 heteroatoms. The standard InChI is InChI=1S/C22H28N4O4/c27-18(15-26-20(29)22(24-21(26)30)11-5-2-6-12-22)25-13-9-16(10-14-25)19(28)23-17-7-3-1-4-8-17/h1,3-4,7-8,16H,2,5-6,9-15H2,(H,23,28)(H,24,30). The van der Waals surface area contributed by atoms with E-state index in [0.29, 0.717) is 38.8 Å². The van der Waals surface area contributed by atoms with Gasteiger partial charge in [-0.15, -0.1) is 0 Å². The van der Waals surface area contributed by atoms with Crippen LogP contribution in [0.4, 0.5) is 10.5 Å². The summed E-state index contributed by atoms with van der Waals surface area (Å²) in [6.07, 6.45) is 5.30. The van der Waals surface area contributed by atoms with Crippen LogP contribution in [0.25, 0.3) is 0 Å². The van der Waals surface area contributed by atoms with Crippen LogP contribution in [0, 0.1) is 5.92 Å². The molecule has 30 heavy (non-hydrogen) atoms. The van der Waals surface area contributed by atoms with Crippen LogP contribution in [-0.4, -0.2) is 58.7 Å². The Kier molecular flexibility index (Phi) is 5.74. The smallest absolute Gasteiger partial charge is 0.325 e. The van der Waals surface area contributed by atoms with E-state index in [4.69, 9.17) is 0 Å². The quantitative estimate of drug-likeness (QED) is 0.740. The molecule has 1 spiro atoms. The van der Waals surface area contributed by atoms with Crippen molar-refractivity contribution >= 4 is 29.4 Å². The highest BCUT2D eigenvalue weighted by Crippen LogP contribution is 2.33. The van der Waals surface area contributed by atoms with E-state index in [9.17, 15) is 19.2 Å². The van der Waals surface area contributed by atoms with Gasteiger partial charge in [-0.25, -0.2) is 4.79 Å². The SMILES string of the molecule is O=C(Nc1ccccc1)C1CCN(C(=O)CN2C(=O)NC3(CCCCC3)C2=O)CC1. The Labute approximate surface area is 176 Å². The minimum absolute atomic E-state index is 0.0402. The highest BCUT2D eigenvalue weighted by molar-refractivity contribution is 6.09. The van der Waals surface area contributed by atoms with E-state index in [1.807, 2.05) is 30.3 Å². The third-order valence-corrected chi connectivity index (χ3v) is 6.51. The molecule has 3 fully saturated rings. The van der Waals surface area contributed by atoms with E-state index in [1.165, 1.54) is 0 Å². The molecule has 2 heterocycles. The molecule has 2 aliphatic heterocycles. The molecule has 0 radical (unpaired) electrons. The van der Waals surface area contributed by atoms with E-state index < -0.39 is 11.6 Å². The molecule has 2 N–H and O–H groups in total. The Morgan fingerprint density at radius 1 is 1.03 bits per heavy atom. The Morgan fingerprint density at radius 3 is 2.37 bits per heavy atom. The molecule has 0 aromatic heterocycles. The molecule has 8 nitrogen and oxygen atoms in total. The lowest BCUT2D eigenvalue weighted by Crippen LogP contribution is -2.50. The highest BCUT2D eigenvalue weighted by Gasteiger charge is 2.51. The molecule has 160 valence electrons. The predicted molar refractivity (Wildman–Crippen MR) is 110 cm³/mol. The summed E-state index contributed by atoms with van der Waals surface area (Å²) in [5.41, 5.74) is -0.0470. The summed E-state index contributed by atoms with van der Waals surface area (Å²) in [5, 5.41) is 5.75. The lowest BCUT2D eigenvalue weighted by Gasteiger charge is -2.32. The number of amides is 5. The van der Waals surface area contributed by atoms with Crippen molar-refractivity contribution in [2.45, 2.75) is 50.5 Å². The fourth-order valence-corrected chi connectivity index (χ4v) is 4.71. The van der Waals surface area contributed by atoms with E-state index in [0.717, 1.165) is 29.8 Å². The normalized spacial score (nSPS) is 21.6. The molecule has 4 rings (SSSR count). The zero-order valence-electron chi connectivity index (χ0n) is 17.1. The number of benzene rings is 1. The molecule has 3 aliphatic rings. The van der Waals surface area contributed by atoms with Crippen LogP contribution in [0.2, 0.25) is 0 Å². The number of hydrogen-bond donors (Lipinski definition) is 2. The van der Waals surface area contributed by atoms with Gasteiger partial charge in [0.05, 0.1) is 0 Å². The number of anilines is 1. The maximum atomic E-state index is 12.8. The lowest BCUT2D eigenvalue weighted by atomic mass is 9.82. The number of carbonyl (C=O) groups is 4. The van der Waals surface area contributed by atoms with Gasteiger partial charge in [0, 0.05) is 24.7 Å². The first kappa shape index (κ1) is 20.4. The van der Waals surface area contributed by atoms with Crippen molar-refractivity contribution in [3.8, 4) is 0 Å². The first-order valence-electron chi connectivity index (χ1n) is 10.8. The van der Waals surface area contributed by atoms with Crippen molar-refractivity contribution in [3.63, 3.8) is 0 Å². The number of nitrogens with one attached hydrogen (secondary N) is 2. The molecule has 0 bridgehead atoms. The summed E-state index contributed by atoms with van der Waals surface area (Å²) in [7, 11) is 0. The average molecular weight is 412 g/mol. The largest absolute Gasteiger partial charge is 0.341 e. The Bertz CT molecular complexity index is 827. The summed E-state index contributed by atoms with van der Waals surface area (Å²) in [6.45, 7) is 0.661. The van der Waals surface area contributed by atoms with E-state index in [1.54, 1.807) is 4.90 Å². The van der Waals surface area contributed by atoms with Crippen molar-refractivity contribution in [2.75, 3.05) is 25.0 Å². The number of nitrogens with zero attached hydrogens (tertiary/aromatic N) is 2. The predicted octanol–water partition coefficient (Wildman–Crippen LogP) is 2.12. The van der Waals surface area contributed by atoms with Gasteiger partial charge in [0.25, 0.3) is 5.91 Å². The zero-order chi connectivity index (χ0) is 21.1. The first-order chi connectivity index (χ1) is 14.5. The minimum atomic E-state index is -0.807. The number of piperidine rings is 1. The highest BCUT2D eigenvalue weighted by atomic mass is 16.2. The Hall–Kier alpha value is -2.90. The van der Waals surface area contributed by atoms with Gasteiger partial charge in [0.2, 0.25) is 11.8 Å². The van der Waals surface area contributed by atoms with E-state index >= 15 is 0 Å². The fourth-order valence-electron chi connectivity index (χ4n) is 4.71. The second kappa shape index (κ2) is 8.45. The lowest BCUT2D eigenvalue weighted by molar-refractivity contribution is -0.140. The van der Waals surface area contributed by atoms with Crippen molar-refractivity contribution in [2.24, 2.45) is 5.92 Å². The minimum Gasteiger partial charge on any atom is -0.341 e. The first-order valence-corrected chi connectivity index (χ1v) is 10.8. The summed E-state index contributed by atoms with van der Waals surface area (Å²) in [5.74, 6) is -0.705. The second-order valence-corrected chi connectivity index (χ2v) is 8.47. The number of likely N-dealkylation sites (tertiary alicyclic amines) is 1. The Balaban J connectivity index is 1.29. The molecule has 0 unspecified atom stereocenters. The van der Waals surface area contributed by atoms with Gasteiger partial charge in [0.15, 0.2) is 0 Å².